The van der Waals surface area contributed by atoms with Gasteiger partial charge in [-0.2, -0.15) is 0 Å². The van der Waals surface area contributed by atoms with Crippen LogP contribution in [0.25, 0.3) is 0 Å². The number of fused-ring (bicyclic) bond motifs is 1. The van der Waals surface area contributed by atoms with Crippen LogP contribution >= 0.6 is 0 Å². The van der Waals surface area contributed by atoms with Crippen LogP contribution in [0.4, 0.5) is 11.4 Å². The number of aryl methyl sites for hydroxylation is 2. The summed E-state index contributed by atoms with van der Waals surface area (Å²) in [5, 5.41) is 3.34. The summed E-state index contributed by atoms with van der Waals surface area (Å²) in [5.41, 5.74) is 4.68. The average Bonchev–Trinajstić information content (AvgIpc) is 2.52. The van der Waals surface area contributed by atoms with Gasteiger partial charge < -0.3 is 10.2 Å². The molecular weight excluding hydrogens is 284 g/mol. The maximum Gasteiger partial charge on any atom is 0.249 e. The largest absolute Gasteiger partial charge is 0.372 e. The Morgan fingerprint density at radius 3 is 2.30 bits per heavy atom. The van der Waals surface area contributed by atoms with Crippen molar-refractivity contribution in [2.24, 2.45) is 0 Å². The van der Waals surface area contributed by atoms with Crippen LogP contribution < -0.4 is 10.2 Å². The van der Waals surface area contributed by atoms with E-state index in [9.17, 15) is 4.79 Å². The first-order valence-electron chi connectivity index (χ1n) is 9.23. The standard InChI is InChI=1S/C20H32N2O/c1-5-6-7-8-9-10-11-12-22-19-14-16(3)15(2)13-18(19)21-17(4)20(22)23/h13-14,17,21H,5-12H2,1-4H3. The summed E-state index contributed by atoms with van der Waals surface area (Å²) < 4.78 is 0. The van der Waals surface area contributed by atoms with Crippen molar-refractivity contribution in [3.05, 3.63) is 23.3 Å². The Bertz CT molecular complexity index is 539. The van der Waals surface area contributed by atoms with Crippen molar-refractivity contribution in [3.8, 4) is 0 Å². The van der Waals surface area contributed by atoms with Crippen LogP contribution in [0.3, 0.4) is 0 Å². The van der Waals surface area contributed by atoms with Gasteiger partial charge in [0.1, 0.15) is 6.04 Å². The Morgan fingerprint density at radius 1 is 1.00 bits per heavy atom. The zero-order valence-corrected chi connectivity index (χ0v) is 15.2. The average molecular weight is 316 g/mol. The van der Waals surface area contributed by atoms with E-state index in [1.165, 1.54) is 49.7 Å². The molecular formula is C20H32N2O. The fraction of sp³-hybridized carbons (Fsp3) is 0.650. The SMILES string of the molecule is CCCCCCCCCN1C(=O)C(C)Nc2cc(C)c(C)cc21. The van der Waals surface area contributed by atoms with E-state index in [0.29, 0.717) is 0 Å². The van der Waals surface area contributed by atoms with E-state index >= 15 is 0 Å². The molecule has 1 atom stereocenters. The second-order valence-corrected chi connectivity index (χ2v) is 6.93. The Morgan fingerprint density at radius 2 is 1.61 bits per heavy atom. The number of nitrogens with one attached hydrogen (secondary N) is 1. The molecule has 0 spiro atoms. The minimum absolute atomic E-state index is 0.130. The van der Waals surface area contributed by atoms with Crippen molar-refractivity contribution in [2.75, 3.05) is 16.8 Å². The van der Waals surface area contributed by atoms with Crippen molar-refractivity contribution >= 4 is 17.3 Å². The first-order chi connectivity index (χ1) is 11.0. The van der Waals surface area contributed by atoms with Crippen LogP contribution in [0.15, 0.2) is 12.1 Å². The molecule has 2 rings (SSSR count). The molecule has 0 radical (unpaired) electrons. The van der Waals surface area contributed by atoms with Crippen molar-refractivity contribution in [1.29, 1.82) is 0 Å². The first-order valence-corrected chi connectivity index (χ1v) is 9.23. The molecule has 1 N–H and O–H groups in total. The van der Waals surface area contributed by atoms with Crippen LogP contribution in [0, 0.1) is 13.8 Å². The second kappa shape index (κ2) is 8.37. The van der Waals surface area contributed by atoms with E-state index in [0.717, 1.165) is 24.3 Å². The fourth-order valence-corrected chi connectivity index (χ4v) is 3.25. The van der Waals surface area contributed by atoms with Crippen molar-refractivity contribution in [3.63, 3.8) is 0 Å². The van der Waals surface area contributed by atoms with Gasteiger partial charge in [-0.3, -0.25) is 4.79 Å². The zero-order valence-electron chi connectivity index (χ0n) is 15.2. The molecule has 0 aliphatic carbocycles. The van der Waals surface area contributed by atoms with E-state index in [4.69, 9.17) is 0 Å². The molecule has 1 unspecified atom stereocenters. The van der Waals surface area contributed by atoms with Gasteiger partial charge in [0.05, 0.1) is 11.4 Å². The monoisotopic (exact) mass is 316 g/mol. The molecule has 128 valence electrons. The molecule has 0 fully saturated rings. The van der Waals surface area contributed by atoms with Crippen molar-refractivity contribution in [2.45, 2.75) is 78.7 Å². The highest BCUT2D eigenvalue weighted by Crippen LogP contribution is 2.34. The van der Waals surface area contributed by atoms with Crippen LogP contribution in [0.1, 0.15) is 69.9 Å². The van der Waals surface area contributed by atoms with Gasteiger partial charge >= 0.3 is 0 Å². The number of hydrogen-bond donors (Lipinski definition) is 1. The van der Waals surface area contributed by atoms with Gasteiger partial charge in [-0.1, -0.05) is 45.4 Å². The molecule has 0 saturated carbocycles. The lowest BCUT2D eigenvalue weighted by Gasteiger charge is -2.34. The number of hydrogen-bond acceptors (Lipinski definition) is 2. The number of anilines is 2. The zero-order chi connectivity index (χ0) is 16.8. The second-order valence-electron chi connectivity index (χ2n) is 6.93. The lowest BCUT2D eigenvalue weighted by molar-refractivity contribution is -0.119. The third kappa shape index (κ3) is 4.49. The van der Waals surface area contributed by atoms with E-state index in [2.05, 4.69) is 38.2 Å². The summed E-state index contributed by atoms with van der Waals surface area (Å²) in [6.07, 6.45) is 8.92. The maximum atomic E-state index is 12.6. The van der Waals surface area contributed by atoms with E-state index in [1.54, 1.807) is 0 Å². The summed E-state index contributed by atoms with van der Waals surface area (Å²) >= 11 is 0. The minimum Gasteiger partial charge on any atom is -0.372 e. The number of carbonyl (C=O) groups is 1. The number of unbranched alkanes of at least 4 members (excludes halogenated alkanes) is 6. The Hall–Kier alpha value is -1.51. The summed E-state index contributed by atoms with van der Waals surface area (Å²) in [6, 6.07) is 4.20. The van der Waals surface area contributed by atoms with Crippen molar-refractivity contribution in [1.82, 2.24) is 0 Å². The molecule has 3 nitrogen and oxygen atoms in total. The third-order valence-electron chi connectivity index (χ3n) is 4.90. The summed E-state index contributed by atoms with van der Waals surface area (Å²) in [5.74, 6) is 0.201. The summed E-state index contributed by atoms with van der Waals surface area (Å²) in [6.45, 7) is 9.29. The highest BCUT2D eigenvalue weighted by Gasteiger charge is 2.29. The Labute approximate surface area is 141 Å². The fourth-order valence-electron chi connectivity index (χ4n) is 3.25. The van der Waals surface area contributed by atoms with E-state index in [-0.39, 0.29) is 11.9 Å². The Balaban J connectivity index is 1.95. The van der Waals surface area contributed by atoms with Gasteiger partial charge in [0.15, 0.2) is 0 Å². The molecule has 3 heteroatoms. The normalized spacial score (nSPS) is 17.1. The number of nitrogens with zero attached hydrogens (tertiary/aromatic N) is 1. The molecule has 1 amide bonds. The van der Waals surface area contributed by atoms with Gasteiger partial charge in [0.25, 0.3) is 0 Å². The third-order valence-corrected chi connectivity index (χ3v) is 4.90. The molecule has 1 aromatic carbocycles. The number of benzene rings is 1. The van der Waals surface area contributed by atoms with Crippen LogP contribution in [0.5, 0.6) is 0 Å². The highest BCUT2D eigenvalue weighted by molar-refractivity contribution is 6.04. The molecule has 0 aromatic heterocycles. The van der Waals surface area contributed by atoms with Crippen LogP contribution in [0.2, 0.25) is 0 Å². The lowest BCUT2D eigenvalue weighted by Crippen LogP contribution is -2.46. The van der Waals surface area contributed by atoms with Gasteiger partial charge in [-0.25, -0.2) is 0 Å². The number of amides is 1. The number of rotatable bonds is 8. The smallest absolute Gasteiger partial charge is 0.249 e. The van der Waals surface area contributed by atoms with Crippen LogP contribution in [-0.4, -0.2) is 18.5 Å². The predicted octanol–water partition coefficient (Wildman–Crippen LogP) is 5.20. The molecule has 0 bridgehead atoms. The lowest BCUT2D eigenvalue weighted by atomic mass is 10.0. The maximum absolute atomic E-state index is 12.6. The molecule has 1 heterocycles. The van der Waals surface area contributed by atoms with Gasteiger partial charge in [-0.05, 0) is 50.5 Å². The van der Waals surface area contributed by atoms with Gasteiger partial charge in [0, 0.05) is 6.54 Å². The van der Waals surface area contributed by atoms with E-state index in [1.807, 2.05) is 11.8 Å². The van der Waals surface area contributed by atoms with E-state index < -0.39 is 0 Å². The molecule has 1 aliphatic heterocycles. The summed E-state index contributed by atoms with van der Waals surface area (Å²) in [4.78, 5) is 14.5. The Kier molecular flexibility index (Phi) is 6.49. The number of carbonyl (C=O) groups excluding carboxylic acids is 1. The molecule has 0 saturated heterocycles. The topological polar surface area (TPSA) is 32.3 Å². The molecule has 1 aliphatic rings. The first kappa shape index (κ1) is 17.8. The highest BCUT2D eigenvalue weighted by atomic mass is 16.2. The quantitative estimate of drug-likeness (QED) is 0.668. The van der Waals surface area contributed by atoms with Crippen molar-refractivity contribution < 1.29 is 4.79 Å². The predicted molar refractivity (Wildman–Crippen MR) is 99.3 cm³/mol. The van der Waals surface area contributed by atoms with Gasteiger partial charge in [0.2, 0.25) is 5.91 Å². The molecule has 23 heavy (non-hydrogen) atoms. The van der Waals surface area contributed by atoms with Gasteiger partial charge in [-0.15, -0.1) is 0 Å². The molecule has 1 aromatic rings. The summed E-state index contributed by atoms with van der Waals surface area (Å²) in [7, 11) is 0. The van der Waals surface area contributed by atoms with Crippen LogP contribution in [-0.2, 0) is 4.79 Å². The minimum atomic E-state index is -0.130.